The van der Waals surface area contributed by atoms with Crippen LogP contribution in [0.1, 0.15) is 48.9 Å². The number of nitrogens with two attached hydrogens (primary N) is 1. The molecule has 0 radical (unpaired) electrons. The molecule has 2 fully saturated rings. The molecule has 2 heterocycles. The molecule has 1 amide bonds. The molecule has 19 heavy (non-hydrogen) atoms. The summed E-state index contributed by atoms with van der Waals surface area (Å²) in [5.41, 5.74) is 6.40. The monoisotopic (exact) mass is 259 g/mol. The van der Waals surface area contributed by atoms with Gasteiger partial charge in [-0.3, -0.25) is 4.79 Å². The van der Waals surface area contributed by atoms with Crippen LogP contribution in [0.25, 0.3) is 0 Å². The zero-order valence-electron chi connectivity index (χ0n) is 11.2. The maximum atomic E-state index is 12.7. The van der Waals surface area contributed by atoms with Crippen molar-refractivity contribution >= 4 is 11.7 Å². The van der Waals surface area contributed by atoms with Crippen molar-refractivity contribution in [1.29, 1.82) is 0 Å². The minimum atomic E-state index is 0.0715. The van der Waals surface area contributed by atoms with E-state index in [1.165, 1.54) is 25.7 Å². The standard InChI is InChI=1S/C15H21N3O/c16-14-12(7-3-9-17-14)15(19)18-10-4-6-11-5-1-2-8-13(11)18/h3,7,9,11,13H,1-2,4-6,8,10H2,(H2,16,17). The first-order chi connectivity index (χ1) is 9.27. The van der Waals surface area contributed by atoms with E-state index in [0.717, 1.165) is 19.4 Å². The fraction of sp³-hybridized carbons (Fsp3) is 0.600. The van der Waals surface area contributed by atoms with Gasteiger partial charge < -0.3 is 10.6 Å². The van der Waals surface area contributed by atoms with E-state index in [0.29, 0.717) is 23.3 Å². The number of carbonyl (C=O) groups is 1. The van der Waals surface area contributed by atoms with Gasteiger partial charge in [0.1, 0.15) is 5.82 Å². The maximum absolute atomic E-state index is 12.7. The summed E-state index contributed by atoms with van der Waals surface area (Å²) in [6.45, 7) is 0.869. The zero-order chi connectivity index (χ0) is 13.2. The summed E-state index contributed by atoms with van der Waals surface area (Å²) in [7, 11) is 0. The lowest BCUT2D eigenvalue weighted by molar-refractivity contribution is 0.0391. The number of piperidine rings is 1. The summed E-state index contributed by atoms with van der Waals surface area (Å²) >= 11 is 0. The van der Waals surface area contributed by atoms with E-state index < -0.39 is 0 Å². The average molecular weight is 259 g/mol. The highest BCUT2D eigenvalue weighted by molar-refractivity contribution is 5.98. The van der Waals surface area contributed by atoms with Crippen LogP contribution in [0.2, 0.25) is 0 Å². The van der Waals surface area contributed by atoms with Gasteiger partial charge in [-0.1, -0.05) is 12.8 Å². The number of likely N-dealkylation sites (tertiary alicyclic amines) is 1. The Kier molecular flexibility index (Phi) is 3.40. The molecule has 1 aliphatic carbocycles. The molecule has 0 spiro atoms. The Labute approximate surface area is 114 Å². The lowest BCUT2D eigenvalue weighted by Crippen LogP contribution is -2.49. The van der Waals surface area contributed by atoms with E-state index in [9.17, 15) is 4.79 Å². The Hall–Kier alpha value is -1.58. The van der Waals surface area contributed by atoms with Gasteiger partial charge in [0.05, 0.1) is 5.56 Å². The molecule has 2 atom stereocenters. The predicted octanol–water partition coefficient (Wildman–Crippen LogP) is 2.46. The van der Waals surface area contributed by atoms with Crippen molar-refractivity contribution in [3.8, 4) is 0 Å². The van der Waals surface area contributed by atoms with Gasteiger partial charge in [-0.05, 0) is 43.7 Å². The summed E-state index contributed by atoms with van der Waals surface area (Å²) in [4.78, 5) is 18.8. The van der Waals surface area contributed by atoms with Crippen LogP contribution < -0.4 is 5.73 Å². The molecule has 4 nitrogen and oxygen atoms in total. The fourth-order valence-corrected chi connectivity index (χ4v) is 3.63. The van der Waals surface area contributed by atoms with Gasteiger partial charge in [0.15, 0.2) is 0 Å². The highest BCUT2D eigenvalue weighted by Gasteiger charge is 2.36. The summed E-state index contributed by atoms with van der Waals surface area (Å²) in [5.74, 6) is 1.12. The molecule has 0 aromatic carbocycles. The normalized spacial score (nSPS) is 26.8. The van der Waals surface area contributed by atoms with Crippen molar-refractivity contribution in [2.24, 2.45) is 5.92 Å². The van der Waals surface area contributed by atoms with Crippen molar-refractivity contribution < 1.29 is 4.79 Å². The van der Waals surface area contributed by atoms with Crippen LogP contribution >= 0.6 is 0 Å². The largest absolute Gasteiger partial charge is 0.383 e. The average Bonchev–Trinajstić information content (AvgIpc) is 2.46. The third-order valence-electron chi connectivity index (χ3n) is 4.57. The minimum Gasteiger partial charge on any atom is -0.383 e. The molecule has 1 aliphatic heterocycles. The fourth-order valence-electron chi connectivity index (χ4n) is 3.63. The smallest absolute Gasteiger partial charge is 0.257 e. The molecule has 2 N–H and O–H groups in total. The Morgan fingerprint density at radius 2 is 2.05 bits per heavy atom. The number of hydrogen-bond donors (Lipinski definition) is 1. The highest BCUT2D eigenvalue weighted by atomic mass is 16.2. The van der Waals surface area contributed by atoms with Crippen molar-refractivity contribution in [3.05, 3.63) is 23.9 Å². The van der Waals surface area contributed by atoms with E-state index in [2.05, 4.69) is 9.88 Å². The molecule has 4 heteroatoms. The van der Waals surface area contributed by atoms with E-state index in [4.69, 9.17) is 5.73 Å². The molecule has 102 valence electrons. The molecule has 1 saturated heterocycles. The molecular formula is C15H21N3O. The van der Waals surface area contributed by atoms with E-state index in [1.54, 1.807) is 18.3 Å². The van der Waals surface area contributed by atoms with Gasteiger partial charge >= 0.3 is 0 Å². The molecule has 1 saturated carbocycles. The van der Waals surface area contributed by atoms with E-state index in [-0.39, 0.29) is 5.91 Å². The number of nitrogens with zero attached hydrogens (tertiary/aromatic N) is 2. The van der Waals surface area contributed by atoms with Gasteiger partial charge in [0.2, 0.25) is 0 Å². The van der Waals surface area contributed by atoms with Crippen LogP contribution in [-0.4, -0.2) is 28.4 Å². The van der Waals surface area contributed by atoms with Crippen molar-refractivity contribution in [2.75, 3.05) is 12.3 Å². The molecule has 1 aromatic heterocycles. The first kappa shape index (κ1) is 12.5. The summed E-state index contributed by atoms with van der Waals surface area (Å²) in [5, 5.41) is 0. The quantitative estimate of drug-likeness (QED) is 0.842. The molecule has 3 rings (SSSR count). The first-order valence-corrected chi connectivity index (χ1v) is 7.29. The lowest BCUT2D eigenvalue weighted by Gasteiger charge is -2.44. The second kappa shape index (κ2) is 5.19. The Bertz CT molecular complexity index is 472. The number of nitrogen functional groups attached to an aromatic ring is 1. The second-order valence-electron chi connectivity index (χ2n) is 5.69. The van der Waals surface area contributed by atoms with E-state index >= 15 is 0 Å². The highest BCUT2D eigenvalue weighted by Crippen LogP contribution is 2.36. The molecule has 0 bridgehead atoms. The van der Waals surface area contributed by atoms with Gasteiger partial charge in [-0.25, -0.2) is 4.98 Å². The van der Waals surface area contributed by atoms with Crippen LogP contribution in [-0.2, 0) is 0 Å². The first-order valence-electron chi connectivity index (χ1n) is 7.29. The number of rotatable bonds is 1. The van der Waals surface area contributed by atoms with Crippen LogP contribution in [0.3, 0.4) is 0 Å². The van der Waals surface area contributed by atoms with Crippen LogP contribution in [0.4, 0.5) is 5.82 Å². The Morgan fingerprint density at radius 1 is 1.26 bits per heavy atom. The SMILES string of the molecule is Nc1ncccc1C(=O)N1CCCC2CCCCC21. The van der Waals surface area contributed by atoms with Crippen LogP contribution in [0, 0.1) is 5.92 Å². The third kappa shape index (κ3) is 2.31. The summed E-state index contributed by atoms with van der Waals surface area (Å²) < 4.78 is 0. The second-order valence-corrected chi connectivity index (χ2v) is 5.69. The zero-order valence-corrected chi connectivity index (χ0v) is 11.2. The van der Waals surface area contributed by atoms with Crippen molar-refractivity contribution in [1.82, 2.24) is 9.88 Å². The van der Waals surface area contributed by atoms with Gasteiger partial charge in [-0.2, -0.15) is 0 Å². The van der Waals surface area contributed by atoms with Crippen LogP contribution in [0.15, 0.2) is 18.3 Å². The Balaban J connectivity index is 1.84. The number of hydrogen-bond acceptors (Lipinski definition) is 3. The summed E-state index contributed by atoms with van der Waals surface area (Å²) in [6, 6.07) is 4.00. The summed E-state index contributed by atoms with van der Waals surface area (Å²) in [6.07, 6.45) is 9.01. The minimum absolute atomic E-state index is 0.0715. The maximum Gasteiger partial charge on any atom is 0.257 e. The number of carbonyl (C=O) groups excluding carboxylic acids is 1. The van der Waals surface area contributed by atoms with Gasteiger partial charge in [0, 0.05) is 18.8 Å². The number of pyridine rings is 1. The van der Waals surface area contributed by atoms with Crippen molar-refractivity contribution in [2.45, 2.75) is 44.6 Å². The number of anilines is 1. The predicted molar refractivity (Wildman–Crippen MR) is 74.7 cm³/mol. The molecule has 1 aromatic rings. The van der Waals surface area contributed by atoms with Crippen molar-refractivity contribution in [3.63, 3.8) is 0 Å². The van der Waals surface area contributed by atoms with E-state index in [1.807, 2.05) is 0 Å². The lowest BCUT2D eigenvalue weighted by atomic mass is 9.78. The van der Waals surface area contributed by atoms with Gasteiger partial charge in [-0.15, -0.1) is 0 Å². The topological polar surface area (TPSA) is 59.2 Å². The molecule has 2 unspecified atom stereocenters. The van der Waals surface area contributed by atoms with Gasteiger partial charge in [0.25, 0.3) is 5.91 Å². The third-order valence-corrected chi connectivity index (χ3v) is 4.57. The molecule has 2 aliphatic rings. The van der Waals surface area contributed by atoms with Crippen LogP contribution in [0.5, 0.6) is 0 Å². The number of fused-ring (bicyclic) bond motifs is 1. The molecular weight excluding hydrogens is 238 g/mol. The Morgan fingerprint density at radius 3 is 2.89 bits per heavy atom. The number of amides is 1. The number of aromatic nitrogens is 1.